The lowest BCUT2D eigenvalue weighted by molar-refractivity contribution is 0.154. The Morgan fingerprint density at radius 2 is 1.55 bits per heavy atom. The Morgan fingerprint density at radius 3 is 2.09 bits per heavy atom. The van der Waals surface area contributed by atoms with Crippen molar-refractivity contribution in [2.45, 2.75) is 25.9 Å². The topological polar surface area (TPSA) is 20.2 Å². The van der Waals surface area contributed by atoms with Crippen molar-refractivity contribution < 1.29 is 5.11 Å². The van der Waals surface area contributed by atoms with E-state index in [4.69, 9.17) is 0 Å². The molecule has 2 aromatic rings. The van der Waals surface area contributed by atoms with Crippen LogP contribution in [0.2, 0.25) is 0 Å². The molecule has 2 aromatic carbocycles. The second-order valence-corrected chi connectivity index (χ2v) is 5.74. The third-order valence-electron chi connectivity index (χ3n) is 4.19. The average molecular weight is 292 g/mol. The highest BCUT2D eigenvalue weighted by molar-refractivity contribution is 5.63. The van der Waals surface area contributed by atoms with Crippen molar-refractivity contribution in [1.82, 2.24) is 0 Å². The number of hydrogen-bond donors (Lipinski definition) is 1. The number of aliphatic hydroxyl groups is 1. The summed E-state index contributed by atoms with van der Waals surface area (Å²) in [5.74, 6) is 0.203. The first-order valence-electron chi connectivity index (χ1n) is 7.73. The summed E-state index contributed by atoms with van der Waals surface area (Å²) < 4.78 is 0. The van der Waals surface area contributed by atoms with Gasteiger partial charge in [0.2, 0.25) is 0 Å². The molecular weight excluding hydrogens is 268 g/mol. The van der Waals surface area contributed by atoms with Crippen molar-refractivity contribution in [3.63, 3.8) is 0 Å². The van der Waals surface area contributed by atoms with Crippen LogP contribution in [0.1, 0.15) is 30.9 Å². The van der Waals surface area contributed by atoms with Crippen LogP contribution in [-0.2, 0) is 0 Å². The molecule has 0 radical (unpaired) electrons. The quantitative estimate of drug-likeness (QED) is 0.738. The summed E-state index contributed by atoms with van der Waals surface area (Å²) in [4.78, 5) is 0. The number of allylic oxidation sites excluding steroid dienone is 2. The van der Waals surface area contributed by atoms with Gasteiger partial charge in [-0.15, -0.1) is 6.58 Å². The van der Waals surface area contributed by atoms with Gasteiger partial charge in [-0.05, 0) is 29.5 Å². The van der Waals surface area contributed by atoms with E-state index in [1.807, 2.05) is 55.5 Å². The second kappa shape index (κ2) is 7.77. The molecule has 0 fully saturated rings. The van der Waals surface area contributed by atoms with Crippen molar-refractivity contribution in [2.75, 3.05) is 0 Å². The smallest absolute Gasteiger partial charge is 0.0761 e. The fourth-order valence-corrected chi connectivity index (χ4v) is 2.75. The van der Waals surface area contributed by atoms with Crippen molar-refractivity contribution in [2.24, 2.45) is 5.92 Å². The van der Waals surface area contributed by atoms with Gasteiger partial charge in [-0.1, -0.05) is 79.7 Å². The van der Waals surface area contributed by atoms with E-state index >= 15 is 0 Å². The molecule has 1 nitrogen and oxygen atoms in total. The molecule has 0 aliphatic carbocycles. The van der Waals surface area contributed by atoms with Crippen molar-refractivity contribution in [3.8, 4) is 0 Å². The molecule has 3 atom stereocenters. The van der Waals surface area contributed by atoms with Crippen LogP contribution in [0.3, 0.4) is 0 Å². The number of hydrogen-bond acceptors (Lipinski definition) is 1. The van der Waals surface area contributed by atoms with Gasteiger partial charge in [0.05, 0.1) is 6.10 Å². The summed E-state index contributed by atoms with van der Waals surface area (Å²) in [6, 6.07) is 20.4. The lowest BCUT2D eigenvalue weighted by Gasteiger charge is -2.25. The molecule has 114 valence electrons. The molecule has 1 heteroatoms. The van der Waals surface area contributed by atoms with Crippen LogP contribution in [0.25, 0.3) is 5.57 Å². The van der Waals surface area contributed by atoms with Gasteiger partial charge in [0.25, 0.3) is 0 Å². The SMILES string of the molecule is C=C[C@@H](c1ccccc1)[C@@H](C)[C@H](O)/C=C(\C)c1ccccc1. The van der Waals surface area contributed by atoms with E-state index in [2.05, 4.69) is 37.8 Å². The minimum Gasteiger partial charge on any atom is -0.389 e. The normalized spacial score (nSPS) is 15.9. The predicted octanol–water partition coefficient (Wildman–Crippen LogP) is 5.06. The van der Waals surface area contributed by atoms with Gasteiger partial charge < -0.3 is 5.11 Å². The Kier molecular flexibility index (Phi) is 5.74. The largest absolute Gasteiger partial charge is 0.389 e. The number of aliphatic hydroxyl groups excluding tert-OH is 1. The van der Waals surface area contributed by atoms with E-state index in [1.54, 1.807) is 0 Å². The average Bonchev–Trinajstić information content (AvgIpc) is 2.57. The Labute approximate surface area is 133 Å². The minimum atomic E-state index is -0.511. The van der Waals surface area contributed by atoms with E-state index < -0.39 is 6.10 Å². The second-order valence-electron chi connectivity index (χ2n) is 5.74. The van der Waals surface area contributed by atoms with Gasteiger partial charge in [-0.25, -0.2) is 0 Å². The lowest BCUT2D eigenvalue weighted by Crippen LogP contribution is -2.21. The summed E-state index contributed by atoms with van der Waals surface area (Å²) in [7, 11) is 0. The third kappa shape index (κ3) is 3.96. The predicted molar refractivity (Wildman–Crippen MR) is 94.6 cm³/mol. The summed E-state index contributed by atoms with van der Waals surface area (Å²) in [5, 5.41) is 10.6. The Hall–Kier alpha value is -2.12. The zero-order valence-electron chi connectivity index (χ0n) is 13.3. The fourth-order valence-electron chi connectivity index (χ4n) is 2.75. The molecule has 0 aromatic heterocycles. The standard InChI is InChI=1S/C21H24O/c1-4-20(19-13-9-6-10-14-19)17(3)21(22)15-16(2)18-11-7-5-8-12-18/h4-15,17,20-22H,1H2,2-3H3/b16-15+/t17-,20-,21-/m1/s1. The zero-order valence-corrected chi connectivity index (χ0v) is 13.3. The van der Waals surface area contributed by atoms with Crippen LogP contribution in [-0.4, -0.2) is 11.2 Å². The first-order chi connectivity index (χ1) is 10.6. The molecular formula is C21H24O. The molecule has 2 rings (SSSR count). The van der Waals surface area contributed by atoms with Crippen LogP contribution < -0.4 is 0 Å². The molecule has 1 N–H and O–H groups in total. The van der Waals surface area contributed by atoms with E-state index in [1.165, 1.54) is 5.56 Å². The zero-order chi connectivity index (χ0) is 15.9. The fraction of sp³-hybridized carbons (Fsp3) is 0.238. The van der Waals surface area contributed by atoms with Gasteiger partial charge in [-0.2, -0.15) is 0 Å². The Bertz CT molecular complexity index is 613. The van der Waals surface area contributed by atoms with E-state index in [0.29, 0.717) is 0 Å². The highest BCUT2D eigenvalue weighted by atomic mass is 16.3. The minimum absolute atomic E-state index is 0.0681. The summed E-state index contributed by atoms with van der Waals surface area (Å²) in [5.41, 5.74) is 3.43. The summed E-state index contributed by atoms with van der Waals surface area (Å²) >= 11 is 0. The van der Waals surface area contributed by atoms with Crippen LogP contribution >= 0.6 is 0 Å². The summed E-state index contributed by atoms with van der Waals surface area (Å²) in [6.45, 7) is 8.05. The van der Waals surface area contributed by atoms with Gasteiger partial charge >= 0.3 is 0 Å². The molecule has 0 amide bonds. The Morgan fingerprint density at radius 1 is 1.00 bits per heavy atom. The van der Waals surface area contributed by atoms with Crippen LogP contribution in [0.4, 0.5) is 0 Å². The van der Waals surface area contributed by atoms with Gasteiger partial charge in [0.1, 0.15) is 0 Å². The first kappa shape index (κ1) is 16.3. The summed E-state index contributed by atoms with van der Waals surface area (Å²) in [6.07, 6.45) is 3.36. The molecule has 0 saturated carbocycles. The maximum absolute atomic E-state index is 10.6. The molecule has 0 aliphatic heterocycles. The maximum atomic E-state index is 10.6. The van der Waals surface area contributed by atoms with E-state index in [-0.39, 0.29) is 11.8 Å². The monoisotopic (exact) mass is 292 g/mol. The van der Waals surface area contributed by atoms with Crippen LogP contribution in [0.5, 0.6) is 0 Å². The molecule has 0 heterocycles. The van der Waals surface area contributed by atoms with Gasteiger partial charge in [0.15, 0.2) is 0 Å². The van der Waals surface area contributed by atoms with Crippen LogP contribution in [0, 0.1) is 5.92 Å². The van der Waals surface area contributed by atoms with E-state index in [0.717, 1.165) is 11.1 Å². The highest BCUT2D eigenvalue weighted by Gasteiger charge is 2.22. The number of benzene rings is 2. The van der Waals surface area contributed by atoms with E-state index in [9.17, 15) is 5.11 Å². The lowest BCUT2D eigenvalue weighted by atomic mass is 9.83. The van der Waals surface area contributed by atoms with Gasteiger partial charge in [-0.3, -0.25) is 0 Å². The molecule has 0 spiro atoms. The number of rotatable bonds is 6. The van der Waals surface area contributed by atoms with Crippen molar-refractivity contribution in [1.29, 1.82) is 0 Å². The van der Waals surface area contributed by atoms with Gasteiger partial charge in [0, 0.05) is 5.92 Å². The van der Waals surface area contributed by atoms with Crippen molar-refractivity contribution in [3.05, 3.63) is 90.5 Å². The third-order valence-corrected chi connectivity index (χ3v) is 4.19. The molecule has 0 aliphatic rings. The maximum Gasteiger partial charge on any atom is 0.0761 e. The molecule has 0 saturated heterocycles. The van der Waals surface area contributed by atoms with Crippen LogP contribution in [0.15, 0.2) is 79.4 Å². The molecule has 0 unspecified atom stereocenters. The highest BCUT2D eigenvalue weighted by Crippen LogP contribution is 2.29. The molecule has 22 heavy (non-hydrogen) atoms. The van der Waals surface area contributed by atoms with Crippen molar-refractivity contribution >= 4 is 5.57 Å². The Balaban J connectivity index is 2.17. The molecule has 0 bridgehead atoms. The first-order valence-corrected chi connectivity index (χ1v) is 7.73.